The molecule has 3 rings (SSSR count). The predicted molar refractivity (Wildman–Crippen MR) is 86.6 cm³/mol. The van der Waals surface area contributed by atoms with E-state index >= 15 is 0 Å². The van der Waals surface area contributed by atoms with Crippen molar-refractivity contribution in [1.29, 1.82) is 5.26 Å². The molecule has 1 aliphatic heterocycles. The summed E-state index contributed by atoms with van der Waals surface area (Å²) in [5, 5.41) is 9.96. The van der Waals surface area contributed by atoms with Gasteiger partial charge in [0.15, 0.2) is 11.7 Å². The molecule has 1 aromatic heterocycles. The summed E-state index contributed by atoms with van der Waals surface area (Å²) in [6.07, 6.45) is 0. The van der Waals surface area contributed by atoms with Gasteiger partial charge in [-0.25, -0.2) is 4.98 Å². The number of thiazole rings is 1. The van der Waals surface area contributed by atoms with Crippen molar-refractivity contribution in [2.75, 3.05) is 17.3 Å². The van der Waals surface area contributed by atoms with Gasteiger partial charge in [0.1, 0.15) is 5.01 Å². The maximum atomic E-state index is 12.5. The lowest BCUT2D eigenvalue weighted by atomic mass is 10.0. The van der Waals surface area contributed by atoms with Gasteiger partial charge in [-0.05, 0) is 12.1 Å². The number of rotatable bonds is 3. The number of nitriles is 1. The largest absolute Gasteiger partial charge is 0.296 e. The zero-order valence-corrected chi connectivity index (χ0v) is 13.1. The fourth-order valence-corrected chi connectivity index (χ4v) is 5.77. The number of hydrogen-bond donors (Lipinski definition) is 0. The topological polar surface area (TPSA) is 53.8 Å². The van der Waals surface area contributed by atoms with Gasteiger partial charge >= 0.3 is 0 Å². The number of carbonyl (C=O) groups is 1. The van der Waals surface area contributed by atoms with Crippen molar-refractivity contribution in [2.45, 2.75) is 11.2 Å². The second kappa shape index (κ2) is 6.17. The summed E-state index contributed by atoms with van der Waals surface area (Å²) in [7, 11) is 0. The molecular weight excluding hydrogens is 308 g/mol. The SMILES string of the molecule is N#C[C@H](C(=O)[C@H]1CSCCS1)c1nc2ccccc2s1. The van der Waals surface area contributed by atoms with Gasteiger partial charge in [-0.3, -0.25) is 4.79 Å². The van der Waals surface area contributed by atoms with Gasteiger partial charge in [0.2, 0.25) is 0 Å². The Kier molecular flexibility index (Phi) is 4.29. The molecule has 2 heterocycles. The molecule has 0 N–H and O–H groups in total. The lowest BCUT2D eigenvalue weighted by molar-refractivity contribution is -0.118. The average Bonchev–Trinajstić information content (AvgIpc) is 2.92. The Morgan fingerprint density at radius 1 is 1.40 bits per heavy atom. The van der Waals surface area contributed by atoms with E-state index in [2.05, 4.69) is 11.1 Å². The second-order valence-electron chi connectivity index (χ2n) is 4.42. The van der Waals surface area contributed by atoms with Gasteiger partial charge in [-0.1, -0.05) is 12.1 Å². The molecule has 2 atom stereocenters. The van der Waals surface area contributed by atoms with Gasteiger partial charge in [0.05, 0.1) is 21.5 Å². The number of Topliss-reactive ketones (excluding diaryl/α,β-unsaturated/α-hetero) is 1. The first-order valence-corrected chi connectivity index (χ1v) is 9.30. The molecule has 0 amide bonds. The van der Waals surface area contributed by atoms with Crippen molar-refractivity contribution in [3.05, 3.63) is 29.3 Å². The van der Waals surface area contributed by atoms with Crippen molar-refractivity contribution in [3.8, 4) is 6.07 Å². The van der Waals surface area contributed by atoms with Crippen LogP contribution in [0.4, 0.5) is 0 Å². The van der Waals surface area contributed by atoms with E-state index in [4.69, 9.17) is 0 Å². The Morgan fingerprint density at radius 3 is 2.95 bits per heavy atom. The number of thioether (sulfide) groups is 2. The third-order valence-electron chi connectivity index (χ3n) is 3.10. The molecule has 0 saturated carbocycles. The van der Waals surface area contributed by atoms with Crippen LogP contribution in [0.2, 0.25) is 0 Å². The van der Waals surface area contributed by atoms with E-state index in [0.29, 0.717) is 5.01 Å². The third kappa shape index (κ3) is 2.71. The number of hydrogen-bond acceptors (Lipinski definition) is 6. The zero-order chi connectivity index (χ0) is 13.9. The lowest BCUT2D eigenvalue weighted by Crippen LogP contribution is -2.28. The van der Waals surface area contributed by atoms with E-state index in [0.717, 1.165) is 27.5 Å². The smallest absolute Gasteiger partial charge is 0.170 e. The molecule has 1 fully saturated rings. The Labute approximate surface area is 129 Å². The van der Waals surface area contributed by atoms with E-state index in [1.54, 1.807) is 23.5 Å². The highest BCUT2D eigenvalue weighted by atomic mass is 32.2. The Morgan fingerprint density at radius 2 is 2.25 bits per heavy atom. The summed E-state index contributed by atoms with van der Waals surface area (Å²) in [6, 6.07) is 9.91. The summed E-state index contributed by atoms with van der Waals surface area (Å²) in [5.74, 6) is 2.19. The van der Waals surface area contributed by atoms with Crippen LogP contribution < -0.4 is 0 Å². The van der Waals surface area contributed by atoms with Gasteiger partial charge in [0.25, 0.3) is 0 Å². The van der Waals surface area contributed by atoms with Crippen molar-refractivity contribution in [1.82, 2.24) is 4.98 Å². The minimum Gasteiger partial charge on any atom is -0.296 e. The highest BCUT2D eigenvalue weighted by molar-refractivity contribution is 8.07. The first-order chi connectivity index (χ1) is 9.79. The molecule has 1 aromatic carbocycles. The molecule has 2 aromatic rings. The third-order valence-corrected chi connectivity index (χ3v) is 6.98. The van der Waals surface area contributed by atoms with E-state index < -0.39 is 5.92 Å². The number of aromatic nitrogens is 1. The number of nitrogens with zero attached hydrogens (tertiary/aromatic N) is 2. The van der Waals surface area contributed by atoms with Crippen LogP contribution in [0.15, 0.2) is 24.3 Å². The second-order valence-corrected chi connectivity index (χ2v) is 7.94. The highest BCUT2D eigenvalue weighted by Crippen LogP contribution is 2.33. The Bertz CT molecular complexity index is 637. The zero-order valence-electron chi connectivity index (χ0n) is 10.6. The molecule has 1 saturated heterocycles. The summed E-state index contributed by atoms with van der Waals surface area (Å²) >= 11 is 4.92. The van der Waals surface area contributed by atoms with E-state index in [1.165, 1.54) is 11.3 Å². The summed E-state index contributed by atoms with van der Waals surface area (Å²) in [6.45, 7) is 0. The molecule has 6 heteroatoms. The molecule has 0 spiro atoms. The van der Waals surface area contributed by atoms with Crippen molar-refractivity contribution >= 4 is 50.9 Å². The summed E-state index contributed by atoms with van der Waals surface area (Å²) in [5.41, 5.74) is 0.867. The highest BCUT2D eigenvalue weighted by Gasteiger charge is 2.32. The number of carbonyl (C=O) groups excluding carboxylic acids is 1. The fourth-order valence-electron chi connectivity index (χ4n) is 2.09. The van der Waals surface area contributed by atoms with E-state index in [9.17, 15) is 10.1 Å². The lowest BCUT2D eigenvalue weighted by Gasteiger charge is -2.20. The Hall–Kier alpha value is -1.03. The monoisotopic (exact) mass is 320 g/mol. The average molecular weight is 320 g/mol. The van der Waals surface area contributed by atoms with Crippen LogP contribution in [0.1, 0.15) is 10.9 Å². The molecule has 0 bridgehead atoms. The first kappa shape index (κ1) is 13.9. The summed E-state index contributed by atoms with van der Waals surface area (Å²) in [4.78, 5) is 17.0. The van der Waals surface area contributed by atoms with Crippen LogP contribution in [0.5, 0.6) is 0 Å². The molecule has 0 radical (unpaired) electrons. The van der Waals surface area contributed by atoms with Gasteiger partial charge < -0.3 is 0 Å². The van der Waals surface area contributed by atoms with E-state index in [-0.39, 0.29) is 11.0 Å². The number of benzene rings is 1. The van der Waals surface area contributed by atoms with Crippen molar-refractivity contribution in [2.24, 2.45) is 0 Å². The van der Waals surface area contributed by atoms with Crippen LogP contribution in [0.3, 0.4) is 0 Å². The minimum absolute atomic E-state index is 0.0174. The van der Waals surface area contributed by atoms with Crippen LogP contribution in [-0.2, 0) is 4.79 Å². The van der Waals surface area contributed by atoms with Gasteiger partial charge in [-0.2, -0.15) is 17.0 Å². The maximum Gasteiger partial charge on any atom is 0.170 e. The molecule has 20 heavy (non-hydrogen) atoms. The Balaban J connectivity index is 1.89. The molecule has 3 nitrogen and oxygen atoms in total. The first-order valence-electron chi connectivity index (χ1n) is 6.28. The predicted octanol–water partition coefficient (Wildman–Crippen LogP) is 3.32. The number of para-hydroxylation sites is 1. The maximum absolute atomic E-state index is 12.5. The van der Waals surface area contributed by atoms with Crippen LogP contribution in [-0.4, -0.2) is 33.3 Å². The van der Waals surface area contributed by atoms with Crippen LogP contribution in [0.25, 0.3) is 10.2 Å². The van der Waals surface area contributed by atoms with Gasteiger partial charge in [-0.15, -0.1) is 23.1 Å². The minimum atomic E-state index is -0.719. The van der Waals surface area contributed by atoms with Crippen molar-refractivity contribution in [3.63, 3.8) is 0 Å². The van der Waals surface area contributed by atoms with Crippen LogP contribution in [0, 0.1) is 11.3 Å². The number of fused-ring (bicyclic) bond motifs is 1. The molecule has 0 aliphatic carbocycles. The van der Waals surface area contributed by atoms with Crippen LogP contribution >= 0.6 is 34.9 Å². The van der Waals surface area contributed by atoms with Gasteiger partial charge in [0, 0.05) is 17.3 Å². The quantitative estimate of drug-likeness (QED) is 0.868. The standard InChI is InChI=1S/C14H12N2OS3/c15-7-9(13(17)12-8-18-5-6-19-12)14-16-10-3-1-2-4-11(10)20-14/h1-4,9,12H,5-6,8H2/t9-,12-/m1/s1. The molecule has 1 aliphatic rings. The van der Waals surface area contributed by atoms with E-state index in [1.807, 2.05) is 24.3 Å². The van der Waals surface area contributed by atoms with Crippen molar-refractivity contribution < 1.29 is 4.79 Å². The normalized spacial score (nSPS) is 20.4. The fraction of sp³-hybridized carbons (Fsp3) is 0.357. The molecule has 102 valence electrons. The summed E-state index contributed by atoms with van der Waals surface area (Å²) < 4.78 is 1.03. The molecular formula is C14H12N2OS3. The number of ketones is 1. The molecule has 0 unspecified atom stereocenters.